The zero-order valence-electron chi connectivity index (χ0n) is 49.4. The number of hydrogen-bond donors (Lipinski definition) is 6. The smallest absolute Gasteiger partial charge is 0.407 e. The Morgan fingerprint density at radius 1 is 0.409 bits per heavy atom. The lowest BCUT2D eigenvalue weighted by atomic mass is 10.1. The summed E-state index contributed by atoms with van der Waals surface area (Å²) in [7, 11) is 2.36. The van der Waals surface area contributed by atoms with E-state index in [0.717, 1.165) is 32.1 Å². The average Bonchev–Trinajstić information content (AvgIpc) is 2.52. The van der Waals surface area contributed by atoms with E-state index < -0.39 is 109 Å². The van der Waals surface area contributed by atoms with Crippen molar-refractivity contribution < 1.29 is 75.7 Å². The van der Waals surface area contributed by atoms with E-state index in [1.165, 1.54) is 62.8 Å². The van der Waals surface area contributed by atoms with Crippen LogP contribution in [0.5, 0.6) is 0 Å². The Kier molecular flexibility index (Phi) is 30.1. The number of methoxy groups -OCH3 is 2. The molecule has 470 valence electrons. The third-order valence-electron chi connectivity index (χ3n) is 13.5. The lowest BCUT2D eigenvalue weighted by molar-refractivity contribution is -0.144. The Morgan fingerprint density at radius 3 is 1.10 bits per heavy atom. The molecular formula is C64H76F2N8O14. The highest BCUT2D eigenvalue weighted by Gasteiger charge is 2.27. The molecule has 5 rings (SSSR count). The standard InChI is InChI=1S/C64H76F2N8O14/c1-85-61(81)53(71-63(83)87-38-32-45-14-5-3-6-15-45)20-9-11-34-67-55(75)41-73(43-57(77)69-36-30-47-22-26-51(65)27-23-47)59(79)49-18-13-19-50(40-49)60(80)74(44-58(78)70-37-31-48-24-28-52(66)29-25-48)42-56(76)68-35-12-10-21-54(62(82)86-2)72-64(84)88-39-33-46-16-7-4-8-17-46/h3-8,13-19,22-29,40,53-54H,9-12,20-21,30-39,41-44H2,1-2H3,(H,67,75)(H,68,76)(H,69,77)(H,70,78)(H,71,83)(H,72,84)/t53-,54-/m0/s1. The van der Waals surface area contributed by atoms with Crippen LogP contribution in [0.2, 0.25) is 0 Å². The van der Waals surface area contributed by atoms with Crippen LogP contribution in [0.1, 0.15) is 81.5 Å². The van der Waals surface area contributed by atoms with Crippen LogP contribution in [0.3, 0.4) is 0 Å². The predicted molar refractivity (Wildman–Crippen MR) is 319 cm³/mol. The third-order valence-corrected chi connectivity index (χ3v) is 13.5. The molecule has 8 amide bonds. The molecule has 0 aliphatic heterocycles. The SMILES string of the molecule is COC(=O)[C@H](CCCCNC(=O)CN(CC(=O)NCCc1ccc(F)cc1)C(=O)c1cccc(C(=O)N(CC(=O)NCCCC[C@H](NC(=O)OCCc2ccccc2)C(=O)OC)CC(=O)NCCc2ccc(F)cc2)c1)NC(=O)OCCc1ccccc1. The summed E-state index contributed by atoms with van der Waals surface area (Å²) in [5.74, 6) is -6.56. The molecule has 0 bridgehead atoms. The summed E-state index contributed by atoms with van der Waals surface area (Å²) in [6.07, 6.45) is 1.51. The number of amides is 8. The monoisotopic (exact) mass is 1220 g/mol. The maximum absolute atomic E-state index is 14.4. The third kappa shape index (κ3) is 26.3. The second kappa shape index (κ2) is 38.3. The quantitative estimate of drug-likeness (QED) is 0.0172. The molecular weight excluding hydrogens is 1140 g/mol. The second-order valence-electron chi connectivity index (χ2n) is 20.2. The molecule has 0 heterocycles. The van der Waals surface area contributed by atoms with Gasteiger partial charge in [-0.15, -0.1) is 0 Å². The van der Waals surface area contributed by atoms with E-state index in [1.807, 2.05) is 60.7 Å². The van der Waals surface area contributed by atoms with Gasteiger partial charge in [-0.05, 0) is 116 Å². The lowest BCUT2D eigenvalue weighted by Gasteiger charge is -2.24. The minimum absolute atomic E-state index is 0.0644. The molecule has 22 nitrogen and oxygen atoms in total. The van der Waals surface area contributed by atoms with Crippen molar-refractivity contribution in [3.8, 4) is 0 Å². The van der Waals surface area contributed by atoms with Gasteiger partial charge < -0.3 is 60.6 Å². The zero-order chi connectivity index (χ0) is 63.5. The van der Waals surface area contributed by atoms with Crippen molar-refractivity contribution in [2.24, 2.45) is 0 Å². The van der Waals surface area contributed by atoms with Crippen LogP contribution in [0.15, 0.2) is 133 Å². The van der Waals surface area contributed by atoms with Crippen molar-refractivity contribution in [1.29, 1.82) is 0 Å². The summed E-state index contributed by atoms with van der Waals surface area (Å²) in [5, 5.41) is 15.9. The number of halogens is 2. The van der Waals surface area contributed by atoms with Crippen molar-refractivity contribution in [2.45, 2.75) is 76.3 Å². The van der Waals surface area contributed by atoms with Crippen molar-refractivity contribution in [3.05, 3.63) is 178 Å². The lowest BCUT2D eigenvalue weighted by Crippen LogP contribution is -2.47. The Hall–Kier alpha value is -9.74. The summed E-state index contributed by atoms with van der Waals surface area (Å²) in [6.45, 7) is -2.02. The van der Waals surface area contributed by atoms with Gasteiger partial charge in [0.2, 0.25) is 23.6 Å². The van der Waals surface area contributed by atoms with Crippen LogP contribution in [0.25, 0.3) is 0 Å². The van der Waals surface area contributed by atoms with E-state index in [1.54, 1.807) is 24.3 Å². The molecule has 6 N–H and O–H groups in total. The highest BCUT2D eigenvalue weighted by molar-refractivity contribution is 6.03. The maximum atomic E-state index is 14.4. The normalized spacial score (nSPS) is 11.3. The molecule has 88 heavy (non-hydrogen) atoms. The second-order valence-corrected chi connectivity index (χ2v) is 20.2. The first-order valence-corrected chi connectivity index (χ1v) is 28.8. The maximum Gasteiger partial charge on any atom is 0.407 e. The number of alkyl carbamates (subject to hydrolysis) is 2. The molecule has 0 fully saturated rings. The summed E-state index contributed by atoms with van der Waals surface area (Å²) in [6, 6.07) is 33.3. The number of ether oxygens (including phenoxy) is 4. The van der Waals surface area contributed by atoms with Gasteiger partial charge in [0.05, 0.1) is 27.4 Å². The fourth-order valence-electron chi connectivity index (χ4n) is 8.83. The molecule has 0 unspecified atom stereocenters. The van der Waals surface area contributed by atoms with Crippen molar-refractivity contribution in [3.63, 3.8) is 0 Å². The summed E-state index contributed by atoms with van der Waals surface area (Å²) in [4.78, 5) is 135. The highest BCUT2D eigenvalue weighted by atomic mass is 19.1. The van der Waals surface area contributed by atoms with E-state index >= 15 is 0 Å². The number of carbonyl (C=O) groups excluding carboxylic acids is 10. The van der Waals surface area contributed by atoms with Gasteiger partial charge in [0, 0.05) is 50.1 Å². The molecule has 0 aromatic heterocycles. The van der Waals surface area contributed by atoms with Gasteiger partial charge >= 0.3 is 24.1 Å². The number of unbranched alkanes of at least 4 members (excludes halogenated alkanes) is 2. The Balaban J connectivity index is 1.22. The number of esters is 2. The van der Waals surface area contributed by atoms with Gasteiger partial charge in [-0.25, -0.2) is 28.0 Å². The molecule has 0 saturated heterocycles. The van der Waals surface area contributed by atoms with Crippen molar-refractivity contribution >= 4 is 59.6 Å². The van der Waals surface area contributed by atoms with Crippen LogP contribution >= 0.6 is 0 Å². The first-order valence-electron chi connectivity index (χ1n) is 28.8. The number of rotatable bonds is 36. The van der Waals surface area contributed by atoms with E-state index in [4.69, 9.17) is 18.9 Å². The van der Waals surface area contributed by atoms with E-state index in [2.05, 4.69) is 31.9 Å². The topological polar surface area (TPSA) is 286 Å². The molecule has 5 aromatic carbocycles. The van der Waals surface area contributed by atoms with Crippen LogP contribution in [0, 0.1) is 11.6 Å². The molecule has 2 atom stereocenters. The van der Waals surface area contributed by atoms with E-state index in [9.17, 15) is 56.7 Å². The molecule has 0 saturated carbocycles. The molecule has 0 aliphatic rings. The summed E-state index contributed by atoms with van der Waals surface area (Å²) >= 11 is 0. The Bertz CT molecular complexity index is 2870. The van der Waals surface area contributed by atoms with E-state index in [-0.39, 0.29) is 63.4 Å². The highest BCUT2D eigenvalue weighted by Crippen LogP contribution is 2.14. The van der Waals surface area contributed by atoms with Crippen LogP contribution < -0.4 is 31.9 Å². The fraction of sp³-hybridized carbons (Fsp3) is 0.375. The minimum atomic E-state index is -1.04. The average molecular weight is 1220 g/mol. The predicted octanol–water partition coefficient (Wildman–Crippen LogP) is 5.16. The number of hydrogen-bond acceptors (Lipinski definition) is 14. The number of nitrogens with one attached hydrogen (secondary N) is 6. The van der Waals surface area contributed by atoms with Crippen LogP contribution in [-0.4, -0.2) is 161 Å². The zero-order valence-corrected chi connectivity index (χ0v) is 49.4. The summed E-state index contributed by atoms with van der Waals surface area (Å²) in [5.41, 5.74) is 3.10. The number of carbonyl (C=O) groups is 10. The summed E-state index contributed by atoms with van der Waals surface area (Å²) < 4.78 is 47.3. The first kappa shape index (κ1) is 69.0. The van der Waals surface area contributed by atoms with Gasteiger partial charge in [0.15, 0.2) is 0 Å². The van der Waals surface area contributed by atoms with Gasteiger partial charge in [0.1, 0.15) is 49.9 Å². The Morgan fingerprint density at radius 2 is 0.750 bits per heavy atom. The van der Waals surface area contributed by atoms with Crippen molar-refractivity contribution in [1.82, 2.24) is 41.7 Å². The Labute approximate surface area is 509 Å². The molecule has 0 spiro atoms. The number of benzene rings is 5. The van der Waals surface area contributed by atoms with Gasteiger partial charge in [-0.1, -0.05) is 91.0 Å². The van der Waals surface area contributed by atoms with Gasteiger partial charge in [-0.3, -0.25) is 28.8 Å². The van der Waals surface area contributed by atoms with Crippen LogP contribution in [0.4, 0.5) is 18.4 Å². The fourth-order valence-corrected chi connectivity index (χ4v) is 8.83. The largest absolute Gasteiger partial charge is 0.467 e. The van der Waals surface area contributed by atoms with E-state index in [0.29, 0.717) is 51.4 Å². The van der Waals surface area contributed by atoms with Gasteiger partial charge in [-0.2, -0.15) is 0 Å². The molecule has 24 heteroatoms. The first-order chi connectivity index (χ1) is 42.5. The van der Waals surface area contributed by atoms with Crippen molar-refractivity contribution in [2.75, 3.05) is 79.8 Å². The molecule has 5 aromatic rings. The van der Waals surface area contributed by atoms with Crippen LogP contribution in [-0.2, 0) is 73.4 Å². The minimum Gasteiger partial charge on any atom is -0.467 e. The molecule has 0 aliphatic carbocycles. The number of nitrogens with zero attached hydrogens (tertiary/aromatic N) is 2. The van der Waals surface area contributed by atoms with Gasteiger partial charge in [0.25, 0.3) is 11.8 Å². The molecule has 0 radical (unpaired) electrons.